The molecule has 0 fully saturated rings. The molecule has 6 nitrogen and oxygen atoms in total. The molecule has 4 rings (SSSR count). The van der Waals surface area contributed by atoms with Crippen LogP contribution in [0.2, 0.25) is 25.7 Å². The molecule has 0 bridgehead atoms. The molecule has 1 aliphatic carbocycles. The van der Waals surface area contributed by atoms with E-state index in [0.29, 0.717) is 24.3 Å². The summed E-state index contributed by atoms with van der Waals surface area (Å²) in [6, 6.07) is 13.4. The fraction of sp³-hybridized carbons (Fsp3) is 0.424. The molecule has 0 aliphatic heterocycles. The largest absolute Gasteiger partial charge is 0.408 e. The molecule has 1 aliphatic rings. The van der Waals surface area contributed by atoms with Crippen LogP contribution in [0.4, 0.5) is 13.2 Å². The van der Waals surface area contributed by atoms with E-state index in [9.17, 15) is 27.6 Å². The second kappa shape index (κ2) is 13.0. The van der Waals surface area contributed by atoms with Crippen LogP contribution >= 0.6 is 0 Å². The fourth-order valence-electron chi connectivity index (χ4n) is 5.40. The van der Waals surface area contributed by atoms with Gasteiger partial charge in [-0.1, -0.05) is 68.2 Å². The lowest BCUT2D eigenvalue weighted by atomic mass is 9.84. The number of hydrogen-bond donors (Lipinski definition) is 0. The highest BCUT2D eigenvalue weighted by molar-refractivity contribution is 6.76. The topological polar surface area (TPSA) is 68.6 Å². The van der Waals surface area contributed by atoms with Crippen LogP contribution in [0, 0.1) is 6.92 Å². The zero-order valence-electron chi connectivity index (χ0n) is 25.3. The maximum atomic E-state index is 14.2. The summed E-state index contributed by atoms with van der Waals surface area (Å²) in [5.74, 6) is -2.54. The van der Waals surface area contributed by atoms with E-state index in [0.717, 1.165) is 35.2 Å². The van der Waals surface area contributed by atoms with Gasteiger partial charge in [0.15, 0.2) is 11.2 Å². The minimum atomic E-state index is -4.82. The fourth-order valence-corrected chi connectivity index (χ4v) is 6.16. The van der Waals surface area contributed by atoms with Crippen molar-refractivity contribution < 1.29 is 27.5 Å². The summed E-state index contributed by atoms with van der Waals surface area (Å²) in [6.45, 7) is 8.68. The van der Waals surface area contributed by atoms with Crippen molar-refractivity contribution >= 4 is 19.8 Å². The van der Waals surface area contributed by atoms with Crippen LogP contribution < -0.4 is 5.43 Å². The lowest BCUT2D eigenvalue weighted by molar-refractivity contribution is -0.172. The van der Waals surface area contributed by atoms with Gasteiger partial charge in [-0.15, -0.1) is 0 Å². The van der Waals surface area contributed by atoms with Crippen LogP contribution in [0.3, 0.4) is 0 Å². The monoisotopic (exact) mass is 612 g/mol. The van der Waals surface area contributed by atoms with Crippen LogP contribution in [0.1, 0.15) is 51.0 Å². The standard InChI is InChI=1S/C33H39F3N2O4Si/c1-22-18-37(21-42-16-17-43(3,4)5)19-28(31(22)40)32(41)38(23(2)33(34,35)36)20-29(39)30-26-12-8-6-10-24(26)14-15-25-11-7-9-13-27(25)30/h6-13,18-19,23,30H,14-17,20-21H2,1-5H3/t23-/m1/s1. The van der Waals surface area contributed by atoms with Crippen molar-refractivity contribution in [1.82, 2.24) is 9.47 Å². The lowest BCUT2D eigenvalue weighted by Crippen LogP contribution is -2.51. The van der Waals surface area contributed by atoms with E-state index in [4.69, 9.17) is 4.74 Å². The minimum Gasteiger partial charge on any atom is -0.361 e. The molecule has 0 saturated heterocycles. The number of amides is 1. The number of hydrogen-bond acceptors (Lipinski definition) is 4. The second-order valence-electron chi connectivity index (χ2n) is 12.5. The minimum absolute atomic E-state index is 0.0370. The van der Waals surface area contributed by atoms with Gasteiger partial charge >= 0.3 is 6.18 Å². The zero-order chi connectivity index (χ0) is 31.5. The summed E-state index contributed by atoms with van der Waals surface area (Å²) in [5.41, 5.74) is 2.40. The number of fused-ring (bicyclic) bond motifs is 2. The number of nitrogens with zero attached hydrogens (tertiary/aromatic N) is 2. The van der Waals surface area contributed by atoms with Gasteiger partial charge in [0.05, 0.1) is 12.5 Å². The highest BCUT2D eigenvalue weighted by atomic mass is 28.3. The summed E-state index contributed by atoms with van der Waals surface area (Å²) >= 11 is 0. The Bertz CT molecular complexity index is 1500. The Morgan fingerprint density at radius 2 is 1.56 bits per heavy atom. The number of alkyl halides is 3. The number of carbonyl (C=O) groups is 2. The highest BCUT2D eigenvalue weighted by Crippen LogP contribution is 2.36. The maximum Gasteiger partial charge on any atom is 0.408 e. The quantitative estimate of drug-likeness (QED) is 0.197. The molecular formula is C33H39F3N2O4Si. The molecule has 0 spiro atoms. The van der Waals surface area contributed by atoms with Crippen LogP contribution in [0.5, 0.6) is 0 Å². The molecule has 2 aromatic carbocycles. The number of aryl methyl sites for hydroxylation is 3. The number of aromatic nitrogens is 1. The first-order chi connectivity index (χ1) is 20.2. The lowest BCUT2D eigenvalue weighted by Gasteiger charge is -2.32. The van der Waals surface area contributed by atoms with Crippen LogP contribution in [-0.2, 0) is 29.1 Å². The average Bonchev–Trinajstić information content (AvgIpc) is 3.11. The van der Waals surface area contributed by atoms with E-state index >= 15 is 0 Å². The Kier molecular flexibility index (Phi) is 9.81. The van der Waals surface area contributed by atoms with Crippen LogP contribution in [0.15, 0.2) is 65.7 Å². The summed E-state index contributed by atoms with van der Waals surface area (Å²) in [5, 5.41) is 0. The van der Waals surface area contributed by atoms with Crippen molar-refractivity contribution in [2.75, 3.05) is 13.2 Å². The third kappa shape index (κ3) is 7.72. The molecule has 1 atom stereocenters. The van der Waals surface area contributed by atoms with Crippen molar-refractivity contribution in [2.45, 2.75) is 77.2 Å². The molecule has 43 heavy (non-hydrogen) atoms. The number of halogens is 3. The molecular weight excluding hydrogens is 573 g/mol. The van der Waals surface area contributed by atoms with Crippen molar-refractivity contribution in [2.24, 2.45) is 0 Å². The summed E-state index contributed by atoms with van der Waals surface area (Å²) in [6.07, 6.45) is -0.723. The third-order valence-electron chi connectivity index (χ3n) is 7.97. The van der Waals surface area contributed by atoms with Gasteiger partial charge in [-0.3, -0.25) is 14.4 Å². The van der Waals surface area contributed by atoms with E-state index in [1.165, 1.54) is 23.9 Å². The van der Waals surface area contributed by atoms with Gasteiger partial charge in [0.2, 0.25) is 0 Å². The SMILES string of the molecule is Cc1cn(COCC[Si](C)(C)C)cc(C(=O)N(CC(=O)C2c3ccccc3CCc3ccccc32)[C@H](C)C(F)(F)F)c1=O. The van der Waals surface area contributed by atoms with Gasteiger partial charge in [-0.05, 0) is 55.0 Å². The molecule has 0 N–H and O–H groups in total. The van der Waals surface area contributed by atoms with E-state index in [1.807, 2.05) is 36.4 Å². The van der Waals surface area contributed by atoms with Crippen LogP contribution in [0.25, 0.3) is 0 Å². The first-order valence-electron chi connectivity index (χ1n) is 14.5. The molecule has 1 heterocycles. The predicted molar refractivity (Wildman–Crippen MR) is 163 cm³/mol. The van der Waals surface area contributed by atoms with E-state index in [1.54, 1.807) is 12.1 Å². The van der Waals surface area contributed by atoms with Gasteiger partial charge in [-0.25, -0.2) is 0 Å². The van der Waals surface area contributed by atoms with Gasteiger partial charge in [0.25, 0.3) is 5.91 Å². The predicted octanol–water partition coefficient (Wildman–Crippen LogP) is 6.36. The second-order valence-corrected chi connectivity index (χ2v) is 18.1. The highest BCUT2D eigenvalue weighted by Gasteiger charge is 2.44. The van der Waals surface area contributed by atoms with Crippen molar-refractivity contribution in [1.29, 1.82) is 0 Å². The average molecular weight is 613 g/mol. The molecule has 230 valence electrons. The summed E-state index contributed by atoms with van der Waals surface area (Å²) in [7, 11) is -1.35. The van der Waals surface area contributed by atoms with Gasteiger partial charge < -0.3 is 14.2 Å². The Balaban J connectivity index is 1.70. The number of ether oxygens (including phenoxy) is 1. The van der Waals surface area contributed by atoms with Crippen molar-refractivity contribution in [3.05, 3.63) is 105 Å². The van der Waals surface area contributed by atoms with E-state index in [-0.39, 0.29) is 12.3 Å². The number of Topliss-reactive ketones (excluding diaryl/α,β-unsaturated/α-hetero) is 1. The normalized spacial score (nSPS) is 14.4. The maximum absolute atomic E-state index is 14.2. The Hall–Kier alpha value is -3.50. The number of carbonyl (C=O) groups excluding carboxylic acids is 2. The smallest absolute Gasteiger partial charge is 0.361 e. The number of ketones is 1. The first-order valence-corrected chi connectivity index (χ1v) is 18.2. The Morgan fingerprint density at radius 3 is 2.09 bits per heavy atom. The molecule has 1 aromatic heterocycles. The first kappa shape index (κ1) is 32.4. The van der Waals surface area contributed by atoms with Gasteiger partial charge in [0.1, 0.15) is 18.3 Å². The molecule has 3 aromatic rings. The number of rotatable bonds is 10. The Labute approximate surface area is 251 Å². The van der Waals surface area contributed by atoms with E-state index in [2.05, 4.69) is 19.6 Å². The molecule has 0 unspecified atom stereocenters. The van der Waals surface area contributed by atoms with E-state index < -0.39 is 55.4 Å². The number of benzene rings is 2. The van der Waals surface area contributed by atoms with Crippen molar-refractivity contribution in [3.8, 4) is 0 Å². The molecule has 1 amide bonds. The summed E-state index contributed by atoms with van der Waals surface area (Å²) < 4.78 is 49.7. The Morgan fingerprint density at radius 1 is 1.00 bits per heavy atom. The van der Waals surface area contributed by atoms with Gasteiger partial charge in [0, 0.05) is 32.6 Å². The number of pyridine rings is 1. The third-order valence-corrected chi connectivity index (χ3v) is 9.67. The summed E-state index contributed by atoms with van der Waals surface area (Å²) in [4.78, 5) is 41.5. The van der Waals surface area contributed by atoms with Crippen molar-refractivity contribution in [3.63, 3.8) is 0 Å². The molecule has 10 heteroatoms. The van der Waals surface area contributed by atoms with Crippen LogP contribution in [-0.4, -0.2) is 54.6 Å². The zero-order valence-corrected chi connectivity index (χ0v) is 26.3. The van der Waals surface area contributed by atoms with Gasteiger partial charge in [-0.2, -0.15) is 13.2 Å². The molecule has 0 saturated carbocycles. The molecule has 0 radical (unpaired) electrons.